The quantitative estimate of drug-likeness (QED) is 0.678. The molecule has 1 aliphatic rings. The zero-order valence-corrected chi connectivity index (χ0v) is 16.5. The lowest BCUT2D eigenvalue weighted by Crippen LogP contribution is -2.27. The van der Waals surface area contributed by atoms with Gasteiger partial charge in [0.15, 0.2) is 5.82 Å². The van der Waals surface area contributed by atoms with Crippen LogP contribution < -0.4 is 10.9 Å². The lowest BCUT2D eigenvalue weighted by molar-refractivity contribution is 0.0590. The van der Waals surface area contributed by atoms with Crippen LogP contribution in [0.4, 0.5) is 16.0 Å². The Morgan fingerprint density at radius 3 is 2.69 bits per heavy atom. The number of carbonyl (C=O) groups excluding carboxylic acids is 1. The molecule has 8 nitrogen and oxygen atoms in total. The van der Waals surface area contributed by atoms with E-state index >= 15 is 0 Å². The summed E-state index contributed by atoms with van der Waals surface area (Å²) in [6.45, 7) is 1.75. The molecular weight excluding hydrogens is 377 g/mol. The molecule has 0 atom stereocenters. The van der Waals surface area contributed by atoms with Crippen molar-refractivity contribution in [3.05, 3.63) is 45.9 Å². The molecule has 0 unspecified atom stereocenters. The Morgan fingerprint density at radius 2 is 2.00 bits per heavy atom. The van der Waals surface area contributed by atoms with Crippen molar-refractivity contribution in [1.82, 2.24) is 19.1 Å². The molecule has 3 aromatic heterocycles. The number of nitrogens with zero attached hydrogens (tertiary/aromatic N) is 4. The van der Waals surface area contributed by atoms with Gasteiger partial charge >= 0.3 is 5.97 Å². The van der Waals surface area contributed by atoms with E-state index in [0.29, 0.717) is 28.1 Å². The largest absolute Gasteiger partial charge is 0.464 e. The predicted octanol–water partition coefficient (Wildman–Crippen LogP) is 3.22. The highest BCUT2D eigenvalue weighted by Crippen LogP contribution is 2.31. The second-order valence-electron chi connectivity index (χ2n) is 7.32. The number of halogens is 1. The average molecular weight is 399 g/mol. The molecule has 1 N–H and O–H groups in total. The molecule has 152 valence electrons. The number of rotatable bonds is 4. The number of carbonyl (C=O) groups is 1. The number of fused-ring (bicyclic) bond motifs is 1. The van der Waals surface area contributed by atoms with Crippen molar-refractivity contribution in [3.8, 4) is 0 Å². The van der Waals surface area contributed by atoms with Gasteiger partial charge in [-0.3, -0.25) is 9.36 Å². The summed E-state index contributed by atoms with van der Waals surface area (Å²) in [4.78, 5) is 33.3. The molecule has 4 rings (SSSR count). The summed E-state index contributed by atoms with van der Waals surface area (Å²) >= 11 is 0. The Balaban J connectivity index is 1.81. The number of nitrogens with one attached hydrogen (secondary N) is 1. The first-order valence-electron chi connectivity index (χ1n) is 9.50. The summed E-state index contributed by atoms with van der Waals surface area (Å²) in [6.07, 6.45) is 5.37. The summed E-state index contributed by atoms with van der Waals surface area (Å²) in [7, 11) is 3.05. The van der Waals surface area contributed by atoms with Crippen molar-refractivity contribution in [3.63, 3.8) is 0 Å². The fourth-order valence-corrected chi connectivity index (χ4v) is 3.95. The molecule has 0 aromatic carbocycles. The molecule has 0 aliphatic heterocycles. The van der Waals surface area contributed by atoms with Crippen LogP contribution in [0.15, 0.2) is 23.1 Å². The Labute approximate surface area is 166 Å². The van der Waals surface area contributed by atoms with Crippen molar-refractivity contribution in [2.75, 3.05) is 12.4 Å². The van der Waals surface area contributed by atoms with Crippen LogP contribution in [0.1, 0.15) is 47.9 Å². The SMILES string of the molecule is COC(=O)c1cc(Nc2nc(C)c3cc(F)c(=O)n(C4CCCC4)c3n2)cn1C. The molecular formula is C20H22FN5O3. The highest BCUT2D eigenvalue weighted by molar-refractivity contribution is 5.89. The van der Waals surface area contributed by atoms with Crippen LogP contribution in [0.25, 0.3) is 11.0 Å². The highest BCUT2D eigenvalue weighted by atomic mass is 19.1. The van der Waals surface area contributed by atoms with Gasteiger partial charge < -0.3 is 14.6 Å². The van der Waals surface area contributed by atoms with Crippen molar-refractivity contribution < 1.29 is 13.9 Å². The highest BCUT2D eigenvalue weighted by Gasteiger charge is 2.24. The summed E-state index contributed by atoms with van der Waals surface area (Å²) in [6, 6.07) is 2.77. The van der Waals surface area contributed by atoms with E-state index in [1.807, 2.05) is 0 Å². The van der Waals surface area contributed by atoms with Crippen LogP contribution in [0.2, 0.25) is 0 Å². The van der Waals surface area contributed by atoms with Crippen LogP contribution in [0, 0.1) is 12.7 Å². The molecule has 9 heteroatoms. The van der Waals surface area contributed by atoms with Crippen LogP contribution in [0.5, 0.6) is 0 Å². The summed E-state index contributed by atoms with van der Waals surface area (Å²) in [5.74, 6) is -0.973. The fourth-order valence-electron chi connectivity index (χ4n) is 3.95. The van der Waals surface area contributed by atoms with Gasteiger partial charge in [-0.15, -0.1) is 0 Å². The molecule has 3 heterocycles. The van der Waals surface area contributed by atoms with Gasteiger partial charge in [0.05, 0.1) is 18.5 Å². The molecule has 0 radical (unpaired) electrons. The molecule has 0 spiro atoms. The second kappa shape index (κ2) is 7.31. The maximum Gasteiger partial charge on any atom is 0.354 e. The lowest BCUT2D eigenvalue weighted by Gasteiger charge is -2.17. The van der Waals surface area contributed by atoms with Crippen LogP contribution in [-0.4, -0.2) is 32.2 Å². The minimum atomic E-state index is -0.789. The number of hydrogen-bond acceptors (Lipinski definition) is 6. The maximum absolute atomic E-state index is 14.3. The van der Waals surface area contributed by atoms with Gasteiger partial charge in [0.1, 0.15) is 11.3 Å². The van der Waals surface area contributed by atoms with E-state index in [1.54, 1.807) is 30.8 Å². The first-order valence-corrected chi connectivity index (χ1v) is 9.50. The van der Waals surface area contributed by atoms with Gasteiger partial charge in [0.2, 0.25) is 5.95 Å². The standard InChI is InChI=1S/C20H22FN5O3/c1-11-14-9-15(21)18(27)26(13-6-4-5-7-13)17(14)24-20(22-11)23-12-8-16(19(28)29-3)25(2)10-12/h8-10,13H,4-7H2,1-3H3,(H,22,23,24). The van der Waals surface area contributed by atoms with E-state index in [0.717, 1.165) is 25.7 Å². The van der Waals surface area contributed by atoms with Crippen LogP contribution in [0.3, 0.4) is 0 Å². The number of methoxy groups -OCH3 is 1. The summed E-state index contributed by atoms with van der Waals surface area (Å²) in [5.41, 5.74) is 1.30. The molecule has 0 bridgehead atoms. The smallest absolute Gasteiger partial charge is 0.354 e. The van der Waals surface area contributed by atoms with Crippen molar-refractivity contribution in [2.45, 2.75) is 38.6 Å². The van der Waals surface area contributed by atoms with E-state index in [1.165, 1.54) is 17.7 Å². The molecule has 3 aromatic rings. The van der Waals surface area contributed by atoms with Gasteiger partial charge in [-0.05, 0) is 31.9 Å². The Bertz CT molecular complexity index is 1160. The third kappa shape index (κ3) is 3.37. The van der Waals surface area contributed by atoms with Gasteiger partial charge in [0, 0.05) is 24.7 Å². The minimum absolute atomic E-state index is 0.0643. The molecule has 0 amide bonds. The number of esters is 1. The summed E-state index contributed by atoms with van der Waals surface area (Å²) in [5, 5.41) is 3.59. The van der Waals surface area contributed by atoms with Crippen molar-refractivity contribution in [2.24, 2.45) is 7.05 Å². The number of ether oxygens (including phenoxy) is 1. The van der Waals surface area contributed by atoms with Gasteiger partial charge in [0.25, 0.3) is 5.56 Å². The molecule has 1 saturated carbocycles. The Morgan fingerprint density at radius 1 is 1.28 bits per heavy atom. The Hall–Kier alpha value is -3.23. The lowest BCUT2D eigenvalue weighted by atomic mass is 10.2. The molecule has 0 saturated heterocycles. The summed E-state index contributed by atoms with van der Waals surface area (Å²) < 4.78 is 22.2. The molecule has 1 fully saturated rings. The maximum atomic E-state index is 14.3. The normalized spacial score (nSPS) is 14.5. The van der Waals surface area contributed by atoms with Crippen LogP contribution in [-0.2, 0) is 11.8 Å². The van der Waals surface area contributed by atoms with Gasteiger partial charge in [-0.2, -0.15) is 4.98 Å². The number of hydrogen-bond donors (Lipinski definition) is 1. The van der Waals surface area contributed by atoms with E-state index in [-0.39, 0.29) is 12.0 Å². The first-order chi connectivity index (χ1) is 13.9. The fraction of sp³-hybridized carbons (Fsp3) is 0.400. The monoisotopic (exact) mass is 399 g/mol. The molecule has 29 heavy (non-hydrogen) atoms. The number of aryl methyl sites for hydroxylation is 2. The second-order valence-corrected chi connectivity index (χ2v) is 7.32. The van der Waals surface area contributed by atoms with E-state index < -0.39 is 17.3 Å². The zero-order chi connectivity index (χ0) is 20.7. The average Bonchev–Trinajstić information content (AvgIpc) is 3.33. The topological polar surface area (TPSA) is 91.0 Å². The number of anilines is 2. The molecule has 1 aliphatic carbocycles. The van der Waals surface area contributed by atoms with E-state index in [9.17, 15) is 14.0 Å². The van der Waals surface area contributed by atoms with E-state index in [2.05, 4.69) is 15.3 Å². The third-order valence-corrected chi connectivity index (χ3v) is 5.38. The van der Waals surface area contributed by atoms with Crippen molar-refractivity contribution >= 4 is 28.6 Å². The van der Waals surface area contributed by atoms with E-state index in [4.69, 9.17) is 4.74 Å². The first kappa shape index (κ1) is 19.1. The minimum Gasteiger partial charge on any atom is -0.464 e. The van der Waals surface area contributed by atoms with Crippen LogP contribution >= 0.6 is 0 Å². The zero-order valence-electron chi connectivity index (χ0n) is 16.5. The van der Waals surface area contributed by atoms with Gasteiger partial charge in [-0.1, -0.05) is 12.8 Å². The third-order valence-electron chi connectivity index (χ3n) is 5.38. The number of pyridine rings is 1. The van der Waals surface area contributed by atoms with Crippen molar-refractivity contribution in [1.29, 1.82) is 0 Å². The number of aromatic nitrogens is 4. The Kier molecular flexibility index (Phi) is 4.81. The van der Waals surface area contributed by atoms with Gasteiger partial charge in [-0.25, -0.2) is 14.2 Å². The predicted molar refractivity (Wildman–Crippen MR) is 106 cm³/mol.